The van der Waals surface area contributed by atoms with Crippen LogP contribution in [0.3, 0.4) is 0 Å². The van der Waals surface area contributed by atoms with Crippen molar-refractivity contribution in [1.82, 2.24) is 0 Å². The maximum Gasteiger partial charge on any atom is 0.123 e. The third-order valence-electron chi connectivity index (χ3n) is 2.60. The van der Waals surface area contributed by atoms with Crippen LogP contribution in [0.4, 0.5) is 5.69 Å². The van der Waals surface area contributed by atoms with Gasteiger partial charge in [-0.2, -0.15) is 0 Å². The number of thioether (sulfide) groups is 1. The summed E-state index contributed by atoms with van der Waals surface area (Å²) in [5.41, 5.74) is 7.78. The maximum atomic E-state index is 6.02. The van der Waals surface area contributed by atoms with Gasteiger partial charge in [-0.05, 0) is 36.4 Å². The third-order valence-corrected chi connectivity index (χ3v) is 4.45. The van der Waals surface area contributed by atoms with E-state index in [-0.39, 0.29) is 0 Å². The van der Waals surface area contributed by atoms with Crippen molar-refractivity contribution in [3.8, 4) is 5.75 Å². The number of anilines is 1. The highest BCUT2D eigenvalue weighted by molar-refractivity contribution is 9.10. The highest BCUT2D eigenvalue weighted by Crippen LogP contribution is 2.34. The summed E-state index contributed by atoms with van der Waals surface area (Å²) in [7, 11) is 1.66. The van der Waals surface area contributed by atoms with E-state index >= 15 is 0 Å². The van der Waals surface area contributed by atoms with Crippen molar-refractivity contribution >= 4 is 45.0 Å². The molecule has 0 aromatic heterocycles. The number of benzene rings is 2. The standard InChI is InChI=1S/C14H13BrClNOS/c1-18-13-5-3-11(16)6-9(13)8-19-14-7-10(15)2-4-12(14)17/h2-7H,8,17H2,1H3. The van der Waals surface area contributed by atoms with Crippen molar-refractivity contribution in [3.63, 3.8) is 0 Å². The van der Waals surface area contributed by atoms with Crippen LogP contribution in [-0.2, 0) is 5.75 Å². The van der Waals surface area contributed by atoms with Gasteiger partial charge in [0, 0.05) is 31.4 Å². The van der Waals surface area contributed by atoms with Gasteiger partial charge in [-0.15, -0.1) is 11.8 Å². The van der Waals surface area contributed by atoms with Crippen LogP contribution in [0.1, 0.15) is 5.56 Å². The van der Waals surface area contributed by atoms with Crippen molar-refractivity contribution < 1.29 is 4.74 Å². The van der Waals surface area contributed by atoms with Crippen molar-refractivity contribution in [2.45, 2.75) is 10.6 Å². The van der Waals surface area contributed by atoms with Crippen LogP contribution in [0.2, 0.25) is 5.02 Å². The molecule has 0 atom stereocenters. The van der Waals surface area contributed by atoms with Crippen molar-refractivity contribution in [2.24, 2.45) is 0 Å². The van der Waals surface area contributed by atoms with Crippen LogP contribution in [-0.4, -0.2) is 7.11 Å². The van der Waals surface area contributed by atoms with Gasteiger partial charge in [0.2, 0.25) is 0 Å². The summed E-state index contributed by atoms with van der Waals surface area (Å²) in [4.78, 5) is 1.04. The first-order chi connectivity index (χ1) is 9.10. The Balaban J connectivity index is 2.18. The molecule has 0 saturated carbocycles. The Morgan fingerprint density at radius 2 is 2.05 bits per heavy atom. The smallest absolute Gasteiger partial charge is 0.123 e. The van der Waals surface area contributed by atoms with E-state index in [1.807, 2.05) is 36.4 Å². The quantitative estimate of drug-likeness (QED) is 0.618. The van der Waals surface area contributed by atoms with Gasteiger partial charge < -0.3 is 10.5 Å². The van der Waals surface area contributed by atoms with Gasteiger partial charge in [0.25, 0.3) is 0 Å². The second-order valence-corrected chi connectivity index (χ2v) is 6.30. The molecule has 2 N–H and O–H groups in total. The normalized spacial score (nSPS) is 10.5. The Morgan fingerprint density at radius 3 is 2.79 bits per heavy atom. The largest absolute Gasteiger partial charge is 0.496 e. The summed E-state index contributed by atoms with van der Waals surface area (Å²) in [6.07, 6.45) is 0. The SMILES string of the molecule is COc1ccc(Cl)cc1CSc1cc(Br)ccc1N. The molecule has 2 rings (SSSR count). The van der Waals surface area contributed by atoms with Crippen molar-refractivity contribution in [2.75, 3.05) is 12.8 Å². The second kappa shape index (κ2) is 6.55. The average molecular weight is 359 g/mol. The third kappa shape index (κ3) is 3.81. The first kappa shape index (κ1) is 14.6. The molecular formula is C14H13BrClNOS. The van der Waals surface area contributed by atoms with E-state index in [9.17, 15) is 0 Å². The minimum atomic E-state index is 0.707. The Morgan fingerprint density at radius 1 is 1.26 bits per heavy atom. The lowest BCUT2D eigenvalue weighted by Crippen LogP contribution is -1.92. The number of hydrogen-bond acceptors (Lipinski definition) is 3. The summed E-state index contributed by atoms with van der Waals surface area (Å²) >= 11 is 11.1. The van der Waals surface area contributed by atoms with Gasteiger partial charge in [-0.25, -0.2) is 0 Å². The Hall–Kier alpha value is -0.840. The zero-order chi connectivity index (χ0) is 13.8. The van der Waals surface area contributed by atoms with Gasteiger partial charge >= 0.3 is 0 Å². The average Bonchev–Trinajstić information content (AvgIpc) is 2.40. The molecule has 0 saturated heterocycles. The van der Waals surface area contributed by atoms with E-state index in [1.54, 1.807) is 18.9 Å². The molecule has 0 aliphatic carbocycles. The van der Waals surface area contributed by atoms with E-state index in [0.29, 0.717) is 5.02 Å². The van der Waals surface area contributed by atoms with Crippen molar-refractivity contribution in [3.05, 3.63) is 51.5 Å². The molecule has 19 heavy (non-hydrogen) atoms. The van der Waals surface area contributed by atoms with Crippen LogP contribution >= 0.6 is 39.3 Å². The molecule has 0 fully saturated rings. The lowest BCUT2D eigenvalue weighted by atomic mass is 10.2. The van der Waals surface area contributed by atoms with Gasteiger partial charge in [-0.1, -0.05) is 27.5 Å². The molecule has 0 aliphatic heterocycles. The molecule has 0 heterocycles. The lowest BCUT2D eigenvalue weighted by molar-refractivity contribution is 0.411. The first-order valence-corrected chi connectivity index (χ1v) is 7.76. The minimum Gasteiger partial charge on any atom is -0.496 e. The highest BCUT2D eigenvalue weighted by atomic mass is 79.9. The summed E-state index contributed by atoms with van der Waals surface area (Å²) in [5.74, 6) is 1.59. The Labute approximate surface area is 130 Å². The molecule has 0 aliphatic rings. The molecule has 0 unspecified atom stereocenters. The van der Waals surface area contributed by atoms with Gasteiger partial charge in [0.15, 0.2) is 0 Å². The van der Waals surface area contributed by atoms with Crippen molar-refractivity contribution in [1.29, 1.82) is 0 Å². The highest BCUT2D eigenvalue weighted by Gasteiger charge is 2.07. The summed E-state index contributed by atoms with van der Waals surface area (Å²) in [6.45, 7) is 0. The van der Waals surface area contributed by atoms with Crippen LogP contribution in [0.25, 0.3) is 0 Å². The fourth-order valence-corrected chi connectivity index (χ4v) is 3.34. The number of nitrogens with two attached hydrogens (primary N) is 1. The molecule has 2 nitrogen and oxygen atoms in total. The Bertz CT molecular complexity index is 592. The number of halogens is 2. The molecule has 0 spiro atoms. The second-order valence-electron chi connectivity index (χ2n) is 3.93. The number of nitrogen functional groups attached to an aromatic ring is 1. The Kier molecular flexibility index (Phi) is 5.02. The molecule has 0 bridgehead atoms. The molecule has 2 aromatic carbocycles. The molecule has 0 amide bonds. The molecule has 2 aromatic rings. The first-order valence-electron chi connectivity index (χ1n) is 5.60. The zero-order valence-electron chi connectivity index (χ0n) is 10.3. The molecular weight excluding hydrogens is 346 g/mol. The van der Waals surface area contributed by atoms with Gasteiger partial charge in [0.05, 0.1) is 7.11 Å². The number of hydrogen-bond donors (Lipinski definition) is 1. The maximum absolute atomic E-state index is 6.02. The summed E-state index contributed by atoms with van der Waals surface area (Å²) in [6, 6.07) is 11.4. The molecule has 0 radical (unpaired) electrons. The van der Waals surface area contributed by atoms with Gasteiger partial charge in [-0.3, -0.25) is 0 Å². The fraction of sp³-hybridized carbons (Fsp3) is 0.143. The van der Waals surface area contributed by atoms with Crippen LogP contribution in [0.15, 0.2) is 45.8 Å². The molecule has 5 heteroatoms. The van der Waals surface area contributed by atoms with Crippen LogP contribution in [0.5, 0.6) is 5.75 Å². The molecule has 100 valence electrons. The zero-order valence-corrected chi connectivity index (χ0v) is 13.5. The predicted molar refractivity (Wildman–Crippen MR) is 86.1 cm³/mol. The lowest BCUT2D eigenvalue weighted by Gasteiger charge is -2.10. The fourth-order valence-electron chi connectivity index (χ4n) is 1.65. The number of rotatable bonds is 4. The predicted octanol–water partition coefficient (Wildman–Crippen LogP) is 4.99. The number of ether oxygens (including phenoxy) is 1. The van der Waals surface area contributed by atoms with E-state index in [0.717, 1.165) is 32.1 Å². The van der Waals surface area contributed by atoms with E-state index < -0.39 is 0 Å². The topological polar surface area (TPSA) is 35.2 Å². The van der Waals surface area contributed by atoms with Crippen LogP contribution < -0.4 is 10.5 Å². The van der Waals surface area contributed by atoms with E-state index in [4.69, 9.17) is 22.1 Å². The monoisotopic (exact) mass is 357 g/mol. The van der Waals surface area contributed by atoms with E-state index in [1.165, 1.54) is 0 Å². The summed E-state index contributed by atoms with van der Waals surface area (Å²) in [5, 5.41) is 0.707. The summed E-state index contributed by atoms with van der Waals surface area (Å²) < 4.78 is 6.35. The number of methoxy groups -OCH3 is 1. The van der Waals surface area contributed by atoms with E-state index in [2.05, 4.69) is 15.9 Å². The van der Waals surface area contributed by atoms with Gasteiger partial charge in [0.1, 0.15) is 5.75 Å². The minimum absolute atomic E-state index is 0.707. The van der Waals surface area contributed by atoms with Crippen LogP contribution in [0, 0.1) is 0 Å².